The number of aryl methyl sites for hydroxylation is 1. The Morgan fingerprint density at radius 1 is 1.32 bits per heavy atom. The van der Waals surface area contributed by atoms with Gasteiger partial charge in [0.25, 0.3) is 0 Å². The molecule has 5 heteroatoms. The maximum Gasteiger partial charge on any atom is 0.335 e. The van der Waals surface area contributed by atoms with Crippen molar-refractivity contribution in [2.24, 2.45) is 0 Å². The predicted octanol–water partition coefficient (Wildman–Crippen LogP) is 2.02. The molecule has 5 nitrogen and oxygen atoms in total. The first-order chi connectivity index (χ1) is 8.90. The molecular formula is C14H20N2O3. The Labute approximate surface area is 113 Å². The quantitative estimate of drug-likeness (QED) is 0.734. The molecule has 0 aliphatic rings. The lowest BCUT2D eigenvalue weighted by atomic mass is 10.1. The van der Waals surface area contributed by atoms with E-state index in [1.165, 1.54) is 6.07 Å². The van der Waals surface area contributed by atoms with Crippen LogP contribution in [0.4, 0.5) is 5.69 Å². The van der Waals surface area contributed by atoms with Crippen molar-refractivity contribution >= 4 is 17.6 Å². The van der Waals surface area contributed by atoms with E-state index in [1.54, 1.807) is 19.1 Å². The van der Waals surface area contributed by atoms with Crippen LogP contribution in [0.5, 0.6) is 0 Å². The van der Waals surface area contributed by atoms with Crippen LogP contribution >= 0.6 is 0 Å². The third-order valence-electron chi connectivity index (χ3n) is 2.65. The fourth-order valence-corrected chi connectivity index (χ4v) is 1.68. The molecule has 0 atom stereocenters. The lowest BCUT2D eigenvalue weighted by Crippen LogP contribution is -2.27. The van der Waals surface area contributed by atoms with Crippen LogP contribution in [0.15, 0.2) is 18.2 Å². The zero-order valence-corrected chi connectivity index (χ0v) is 11.5. The number of anilines is 1. The minimum atomic E-state index is -0.962. The van der Waals surface area contributed by atoms with E-state index in [1.807, 2.05) is 13.8 Å². The molecule has 0 heterocycles. The van der Waals surface area contributed by atoms with E-state index < -0.39 is 5.97 Å². The van der Waals surface area contributed by atoms with Gasteiger partial charge < -0.3 is 15.7 Å². The molecule has 0 radical (unpaired) electrons. The van der Waals surface area contributed by atoms with Gasteiger partial charge >= 0.3 is 5.97 Å². The average molecular weight is 264 g/mol. The van der Waals surface area contributed by atoms with Gasteiger partial charge in [0, 0.05) is 24.7 Å². The predicted molar refractivity (Wildman–Crippen MR) is 74.5 cm³/mol. The number of carboxylic acids is 1. The Balaban J connectivity index is 2.55. The Kier molecular flexibility index (Phi) is 5.51. The van der Waals surface area contributed by atoms with Crippen molar-refractivity contribution in [2.45, 2.75) is 33.2 Å². The van der Waals surface area contributed by atoms with Crippen LogP contribution in [-0.2, 0) is 4.79 Å². The monoisotopic (exact) mass is 264 g/mol. The summed E-state index contributed by atoms with van der Waals surface area (Å²) in [6.07, 6.45) is 0.387. The molecule has 0 saturated carbocycles. The fourth-order valence-electron chi connectivity index (χ4n) is 1.68. The van der Waals surface area contributed by atoms with Gasteiger partial charge in [-0.15, -0.1) is 0 Å². The van der Waals surface area contributed by atoms with Crippen LogP contribution in [0.3, 0.4) is 0 Å². The number of carboxylic acid groups (broad SMARTS) is 1. The normalized spacial score (nSPS) is 10.5. The Bertz CT molecular complexity index is 470. The number of benzene rings is 1. The van der Waals surface area contributed by atoms with Crippen molar-refractivity contribution < 1.29 is 14.7 Å². The van der Waals surface area contributed by atoms with Gasteiger partial charge in [0.2, 0.25) is 5.91 Å². The zero-order valence-electron chi connectivity index (χ0n) is 11.5. The molecule has 1 aromatic carbocycles. The average Bonchev–Trinajstić information content (AvgIpc) is 2.27. The molecule has 0 aromatic heterocycles. The van der Waals surface area contributed by atoms with Gasteiger partial charge in [0.15, 0.2) is 0 Å². The summed E-state index contributed by atoms with van der Waals surface area (Å²) in [4.78, 5) is 22.5. The number of nitrogens with one attached hydrogen (secondary N) is 2. The summed E-state index contributed by atoms with van der Waals surface area (Å²) in [5.41, 5.74) is 1.50. The Morgan fingerprint density at radius 3 is 2.53 bits per heavy atom. The van der Waals surface area contributed by atoms with Crippen molar-refractivity contribution in [2.75, 3.05) is 11.9 Å². The largest absolute Gasteiger partial charge is 0.478 e. The van der Waals surface area contributed by atoms with E-state index in [0.717, 1.165) is 0 Å². The SMILES string of the molecule is Cc1cc(NC(=O)CCNC(C)C)ccc1C(=O)O. The standard InChI is InChI=1S/C14H20N2O3/c1-9(2)15-7-6-13(17)16-11-4-5-12(14(18)19)10(3)8-11/h4-5,8-9,15H,6-7H2,1-3H3,(H,16,17)(H,18,19). The fraction of sp³-hybridized carbons (Fsp3) is 0.429. The minimum absolute atomic E-state index is 0.0874. The number of carbonyl (C=O) groups excluding carboxylic acids is 1. The highest BCUT2D eigenvalue weighted by molar-refractivity contribution is 5.93. The molecule has 0 aliphatic heterocycles. The van der Waals surface area contributed by atoms with Crippen molar-refractivity contribution in [1.82, 2.24) is 5.32 Å². The molecule has 1 rings (SSSR count). The van der Waals surface area contributed by atoms with Crippen molar-refractivity contribution in [1.29, 1.82) is 0 Å². The summed E-state index contributed by atoms with van der Waals surface area (Å²) in [6.45, 7) is 6.37. The summed E-state index contributed by atoms with van der Waals surface area (Å²) < 4.78 is 0. The number of rotatable bonds is 6. The summed E-state index contributed by atoms with van der Waals surface area (Å²) >= 11 is 0. The maximum atomic E-state index is 11.7. The first-order valence-electron chi connectivity index (χ1n) is 6.27. The molecular weight excluding hydrogens is 244 g/mol. The van der Waals surface area contributed by atoms with Crippen LogP contribution in [0.2, 0.25) is 0 Å². The van der Waals surface area contributed by atoms with Gasteiger partial charge in [-0.3, -0.25) is 4.79 Å². The number of aromatic carboxylic acids is 1. The second-order valence-electron chi connectivity index (χ2n) is 4.74. The van der Waals surface area contributed by atoms with Gasteiger partial charge in [-0.25, -0.2) is 4.79 Å². The second kappa shape index (κ2) is 6.89. The number of amides is 1. The third-order valence-corrected chi connectivity index (χ3v) is 2.65. The van der Waals surface area contributed by atoms with Crippen LogP contribution in [0, 0.1) is 6.92 Å². The molecule has 19 heavy (non-hydrogen) atoms. The molecule has 1 amide bonds. The van der Waals surface area contributed by atoms with Crippen molar-refractivity contribution in [3.05, 3.63) is 29.3 Å². The highest BCUT2D eigenvalue weighted by atomic mass is 16.4. The van der Waals surface area contributed by atoms with Crippen LogP contribution < -0.4 is 10.6 Å². The smallest absolute Gasteiger partial charge is 0.335 e. The molecule has 104 valence electrons. The van der Waals surface area contributed by atoms with E-state index in [-0.39, 0.29) is 11.5 Å². The molecule has 0 fully saturated rings. The minimum Gasteiger partial charge on any atom is -0.478 e. The molecule has 0 bridgehead atoms. The van der Waals surface area contributed by atoms with Crippen molar-refractivity contribution in [3.63, 3.8) is 0 Å². The summed E-state index contributed by atoms with van der Waals surface area (Å²) in [6, 6.07) is 5.12. The van der Waals surface area contributed by atoms with E-state index in [2.05, 4.69) is 10.6 Å². The first kappa shape index (κ1) is 15.2. The van der Waals surface area contributed by atoms with E-state index in [9.17, 15) is 9.59 Å². The Hall–Kier alpha value is -1.88. The highest BCUT2D eigenvalue weighted by Gasteiger charge is 2.08. The van der Waals surface area contributed by atoms with Gasteiger partial charge in [-0.2, -0.15) is 0 Å². The van der Waals surface area contributed by atoms with Gasteiger partial charge in [-0.05, 0) is 30.7 Å². The first-order valence-corrected chi connectivity index (χ1v) is 6.27. The van der Waals surface area contributed by atoms with Crippen LogP contribution in [-0.4, -0.2) is 29.6 Å². The topological polar surface area (TPSA) is 78.4 Å². The molecule has 0 spiro atoms. The lowest BCUT2D eigenvalue weighted by molar-refractivity contribution is -0.116. The van der Waals surface area contributed by atoms with Crippen LogP contribution in [0.25, 0.3) is 0 Å². The number of carbonyl (C=O) groups is 2. The molecule has 0 unspecified atom stereocenters. The van der Waals surface area contributed by atoms with Crippen LogP contribution in [0.1, 0.15) is 36.2 Å². The summed E-state index contributed by atoms with van der Waals surface area (Å²) in [5.74, 6) is -1.05. The lowest BCUT2D eigenvalue weighted by Gasteiger charge is -2.09. The van der Waals surface area contributed by atoms with Gasteiger partial charge in [-0.1, -0.05) is 13.8 Å². The maximum absolute atomic E-state index is 11.7. The molecule has 1 aromatic rings. The van der Waals surface area contributed by atoms with E-state index >= 15 is 0 Å². The zero-order chi connectivity index (χ0) is 14.4. The van der Waals surface area contributed by atoms with Crippen molar-refractivity contribution in [3.8, 4) is 0 Å². The molecule has 3 N–H and O–H groups in total. The third kappa shape index (κ3) is 5.09. The second-order valence-corrected chi connectivity index (χ2v) is 4.74. The number of hydrogen-bond donors (Lipinski definition) is 3. The van der Waals surface area contributed by atoms with E-state index in [4.69, 9.17) is 5.11 Å². The number of hydrogen-bond acceptors (Lipinski definition) is 3. The van der Waals surface area contributed by atoms with Gasteiger partial charge in [0.1, 0.15) is 0 Å². The Morgan fingerprint density at radius 2 is 2.00 bits per heavy atom. The van der Waals surface area contributed by atoms with Gasteiger partial charge in [0.05, 0.1) is 5.56 Å². The molecule has 0 aliphatic carbocycles. The highest BCUT2D eigenvalue weighted by Crippen LogP contribution is 2.15. The summed E-state index contributed by atoms with van der Waals surface area (Å²) in [5, 5.41) is 14.8. The van der Waals surface area contributed by atoms with E-state index in [0.29, 0.717) is 30.3 Å². The summed E-state index contributed by atoms with van der Waals surface area (Å²) in [7, 11) is 0. The molecule has 0 saturated heterocycles.